The first kappa shape index (κ1) is 13.1. The van der Waals surface area contributed by atoms with E-state index in [4.69, 9.17) is 4.74 Å². The molecule has 0 radical (unpaired) electrons. The first-order valence-electron chi connectivity index (χ1n) is 6.57. The lowest BCUT2D eigenvalue weighted by molar-refractivity contribution is 0.102. The Kier molecular flexibility index (Phi) is 3.51. The normalized spacial score (nSPS) is 10.3. The fraction of sp³-hybridized carbons (Fsp3) is 0.0588. The Bertz CT molecular complexity index is 799. The summed E-state index contributed by atoms with van der Waals surface area (Å²) in [5.74, 6) is 0.452. The lowest BCUT2D eigenvalue weighted by Gasteiger charge is -2.07. The number of rotatable bonds is 3. The summed E-state index contributed by atoms with van der Waals surface area (Å²) in [6.45, 7) is 0. The highest BCUT2D eigenvalue weighted by molar-refractivity contribution is 6.04. The quantitative estimate of drug-likeness (QED) is 0.797. The molecule has 0 aliphatic rings. The van der Waals surface area contributed by atoms with Crippen LogP contribution < -0.4 is 10.1 Å². The molecule has 1 heterocycles. The summed E-state index contributed by atoms with van der Waals surface area (Å²) < 4.78 is 5.13. The average Bonchev–Trinajstić information content (AvgIpc) is 2.54. The maximum absolute atomic E-state index is 12.2. The van der Waals surface area contributed by atoms with Gasteiger partial charge < -0.3 is 10.1 Å². The Hall–Kier alpha value is -2.88. The molecule has 1 N–H and O–H groups in total. The third-order valence-corrected chi connectivity index (χ3v) is 3.16. The second-order valence-electron chi connectivity index (χ2n) is 4.58. The Morgan fingerprint density at radius 1 is 1.05 bits per heavy atom. The summed E-state index contributed by atoms with van der Waals surface area (Å²) in [7, 11) is 1.59. The number of ether oxygens (including phenoxy) is 1. The summed E-state index contributed by atoms with van der Waals surface area (Å²) in [4.78, 5) is 16.6. The molecule has 0 bridgehead atoms. The van der Waals surface area contributed by atoms with Crippen LogP contribution in [0.15, 0.2) is 60.7 Å². The topological polar surface area (TPSA) is 51.2 Å². The molecule has 0 atom stereocenters. The van der Waals surface area contributed by atoms with Crippen LogP contribution in [0.2, 0.25) is 0 Å². The Labute approximate surface area is 122 Å². The second kappa shape index (κ2) is 5.63. The SMILES string of the molecule is COc1cccc(NC(=O)c2ccc3ccccc3n2)c1. The molecule has 0 aliphatic heterocycles. The minimum Gasteiger partial charge on any atom is -0.497 e. The smallest absolute Gasteiger partial charge is 0.274 e. The molecule has 4 nitrogen and oxygen atoms in total. The molecule has 3 aromatic rings. The highest BCUT2D eigenvalue weighted by Crippen LogP contribution is 2.18. The molecule has 21 heavy (non-hydrogen) atoms. The summed E-state index contributed by atoms with van der Waals surface area (Å²) >= 11 is 0. The van der Waals surface area contributed by atoms with Gasteiger partial charge in [-0.2, -0.15) is 0 Å². The molecule has 0 saturated carbocycles. The molecular weight excluding hydrogens is 264 g/mol. The van der Waals surface area contributed by atoms with Crippen molar-refractivity contribution in [3.05, 3.63) is 66.4 Å². The molecule has 1 aromatic heterocycles. The number of para-hydroxylation sites is 1. The van der Waals surface area contributed by atoms with E-state index in [-0.39, 0.29) is 5.91 Å². The maximum atomic E-state index is 12.2. The Balaban J connectivity index is 1.86. The van der Waals surface area contributed by atoms with E-state index in [0.717, 1.165) is 10.9 Å². The number of nitrogens with one attached hydrogen (secondary N) is 1. The van der Waals surface area contributed by atoms with Crippen molar-refractivity contribution in [2.24, 2.45) is 0 Å². The number of fused-ring (bicyclic) bond motifs is 1. The van der Waals surface area contributed by atoms with Crippen LogP contribution in [0.4, 0.5) is 5.69 Å². The molecule has 0 saturated heterocycles. The Morgan fingerprint density at radius 2 is 1.90 bits per heavy atom. The van der Waals surface area contributed by atoms with Crippen molar-refractivity contribution < 1.29 is 9.53 Å². The predicted octanol–water partition coefficient (Wildman–Crippen LogP) is 3.50. The van der Waals surface area contributed by atoms with Crippen molar-refractivity contribution in [3.8, 4) is 5.75 Å². The number of nitrogens with zero attached hydrogens (tertiary/aromatic N) is 1. The van der Waals surface area contributed by atoms with Crippen LogP contribution in [0.25, 0.3) is 10.9 Å². The average molecular weight is 278 g/mol. The van der Waals surface area contributed by atoms with Crippen LogP contribution in [0.5, 0.6) is 5.75 Å². The van der Waals surface area contributed by atoms with Crippen LogP contribution in [0.1, 0.15) is 10.5 Å². The third kappa shape index (κ3) is 2.84. The standard InChI is InChI=1S/C17H14N2O2/c1-21-14-7-4-6-13(11-14)18-17(20)16-10-9-12-5-2-3-8-15(12)19-16/h2-11H,1H3,(H,18,20). The molecule has 104 valence electrons. The zero-order chi connectivity index (χ0) is 14.7. The number of benzene rings is 2. The first-order valence-corrected chi connectivity index (χ1v) is 6.57. The number of aromatic nitrogens is 1. The minimum absolute atomic E-state index is 0.242. The number of pyridine rings is 1. The number of anilines is 1. The van der Waals surface area contributed by atoms with Gasteiger partial charge in [-0.05, 0) is 24.3 Å². The highest BCUT2D eigenvalue weighted by atomic mass is 16.5. The van der Waals surface area contributed by atoms with E-state index < -0.39 is 0 Å². The zero-order valence-electron chi connectivity index (χ0n) is 11.5. The first-order chi connectivity index (χ1) is 10.3. The number of hydrogen-bond donors (Lipinski definition) is 1. The van der Waals surface area contributed by atoms with Crippen molar-refractivity contribution in [3.63, 3.8) is 0 Å². The van der Waals surface area contributed by atoms with Gasteiger partial charge >= 0.3 is 0 Å². The number of carbonyl (C=O) groups excluding carboxylic acids is 1. The van der Waals surface area contributed by atoms with Crippen molar-refractivity contribution in [2.75, 3.05) is 12.4 Å². The fourth-order valence-corrected chi connectivity index (χ4v) is 2.09. The van der Waals surface area contributed by atoms with Gasteiger partial charge in [0.25, 0.3) is 5.91 Å². The van der Waals surface area contributed by atoms with Gasteiger partial charge in [0.05, 0.1) is 12.6 Å². The fourth-order valence-electron chi connectivity index (χ4n) is 2.09. The molecule has 0 aliphatic carbocycles. The predicted molar refractivity (Wildman–Crippen MR) is 82.7 cm³/mol. The lowest BCUT2D eigenvalue weighted by Crippen LogP contribution is -2.13. The van der Waals surface area contributed by atoms with Gasteiger partial charge in [0.1, 0.15) is 11.4 Å². The van der Waals surface area contributed by atoms with Gasteiger partial charge in [-0.15, -0.1) is 0 Å². The maximum Gasteiger partial charge on any atom is 0.274 e. The van der Waals surface area contributed by atoms with E-state index in [1.54, 1.807) is 19.2 Å². The van der Waals surface area contributed by atoms with Crippen molar-refractivity contribution in [1.82, 2.24) is 4.98 Å². The third-order valence-electron chi connectivity index (χ3n) is 3.16. The number of methoxy groups -OCH3 is 1. The molecule has 4 heteroatoms. The molecule has 3 rings (SSSR count). The van der Waals surface area contributed by atoms with Crippen molar-refractivity contribution >= 4 is 22.5 Å². The van der Waals surface area contributed by atoms with Gasteiger partial charge in [0.2, 0.25) is 0 Å². The van der Waals surface area contributed by atoms with Crippen molar-refractivity contribution in [1.29, 1.82) is 0 Å². The largest absolute Gasteiger partial charge is 0.497 e. The molecule has 1 amide bonds. The van der Waals surface area contributed by atoms with E-state index in [1.807, 2.05) is 48.5 Å². The Morgan fingerprint density at radius 3 is 2.76 bits per heavy atom. The van der Waals surface area contributed by atoms with E-state index in [2.05, 4.69) is 10.3 Å². The molecule has 0 fully saturated rings. The lowest BCUT2D eigenvalue weighted by atomic mass is 10.2. The van der Waals surface area contributed by atoms with Crippen LogP contribution in [-0.4, -0.2) is 18.0 Å². The van der Waals surface area contributed by atoms with Crippen LogP contribution >= 0.6 is 0 Å². The summed E-state index contributed by atoms with van der Waals surface area (Å²) in [6.07, 6.45) is 0. The highest BCUT2D eigenvalue weighted by Gasteiger charge is 2.08. The monoisotopic (exact) mass is 278 g/mol. The van der Waals surface area contributed by atoms with Crippen LogP contribution in [0.3, 0.4) is 0 Å². The molecular formula is C17H14N2O2. The number of carbonyl (C=O) groups is 1. The zero-order valence-corrected chi connectivity index (χ0v) is 11.5. The van der Waals surface area contributed by atoms with Gasteiger partial charge in [0, 0.05) is 17.1 Å². The molecule has 0 spiro atoms. The summed E-state index contributed by atoms with van der Waals surface area (Å²) in [5.41, 5.74) is 1.86. The van der Waals surface area contributed by atoms with E-state index in [0.29, 0.717) is 17.1 Å². The van der Waals surface area contributed by atoms with E-state index in [1.165, 1.54) is 0 Å². The van der Waals surface area contributed by atoms with Gasteiger partial charge in [-0.25, -0.2) is 4.98 Å². The number of amides is 1. The van der Waals surface area contributed by atoms with E-state index in [9.17, 15) is 4.79 Å². The summed E-state index contributed by atoms with van der Waals surface area (Å²) in [6, 6.07) is 18.5. The van der Waals surface area contributed by atoms with Gasteiger partial charge in [-0.3, -0.25) is 4.79 Å². The van der Waals surface area contributed by atoms with Gasteiger partial charge in [-0.1, -0.05) is 30.3 Å². The van der Waals surface area contributed by atoms with Crippen molar-refractivity contribution in [2.45, 2.75) is 0 Å². The molecule has 0 unspecified atom stereocenters. The van der Waals surface area contributed by atoms with Crippen LogP contribution in [-0.2, 0) is 0 Å². The number of hydrogen-bond acceptors (Lipinski definition) is 3. The minimum atomic E-state index is -0.242. The van der Waals surface area contributed by atoms with Crippen LogP contribution in [0, 0.1) is 0 Å². The summed E-state index contributed by atoms with van der Waals surface area (Å²) in [5, 5.41) is 3.83. The second-order valence-corrected chi connectivity index (χ2v) is 4.58. The molecule has 2 aromatic carbocycles. The van der Waals surface area contributed by atoms with Gasteiger partial charge in [0.15, 0.2) is 0 Å². The van der Waals surface area contributed by atoms with E-state index >= 15 is 0 Å².